The van der Waals surface area contributed by atoms with Crippen LogP contribution in [0, 0.1) is 11.7 Å². The highest BCUT2D eigenvalue weighted by Crippen LogP contribution is 2.37. The fourth-order valence-corrected chi connectivity index (χ4v) is 6.12. The zero-order chi connectivity index (χ0) is 26.8. The standard InChI is InChI=1S/C26H26ClFN4O5S/c1-2-37-26(35)22-20(11-32-16-7-14(9-21(33)34)8-17(32)13-36-12-16)30-24(25-29-5-6-38-25)31-23(22)18-4-3-15(28)10-19(18)27/h3-6,10,14,16-17H,2,7-9,11-13H2,1H3,(H,33,34)/t14?,16-,17?/m1/s1. The lowest BCUT2D eigenvalue weighted by molar-refractivity contribution is -0.141. The molecular formula is C26H26ClFN4O5S. The Labute approximate surface area is 227 Å². The second-order valence-corrected chi connectivity index (χ2v) is 10.7. The first-order valence-corrected chi connectivity index (χ1v) is 13.6. The quantitative estimate of drug-likeness (QED) is 0.392. The monoisotopic (exact) mass is 560 g/mol. The van der Waals surface area contributed by atoms with Crippen molar-refractivity contribution in [2.45, 2.75) is 44.8 Å². The highest BCUT2D eigenvalue weighted by Gasteiger charge is 2.40. The molecule has 3 atom stereocenters. The van der Waals surface area contributed by atoms with Crippen molar-refractivity contribution in [1.82, 2.24) is 19.9 Å². The van der Waals surface area contributed by atoms with E-state index >= 15 is 0 Å². The number of hydrogen-bond acceptors (Lipinski definition) is 9. The van der Waals surface area contributed by atoms with Crippen molar-refractivity contribution in [3.05, 3.63) is 51.9 Å². The number of esters is 1. The number of aromatic nitrogens is 3. The number of morpholine rings is 1. The van der Waals surface area contributed by atoms with Crippen LogP contribution in [0.1, 0.15) is 42.2 Å². The third-order valence-corrected chi connectivity index (χ3v) is 7.92. The average molecular weight is 561 g/mol. The molecule has 3 aromatic rings. The summed E-state index contributed by atoms with van der Waals surface area (Å²) in [5.41, 5.74) is 1.21. The Kier molecular flexibility index (Phi) is 7.98. The van der Waals surface area contributed by atoms with Crippen LogP contribution < -0.4 is 0 Å². The van der Waals surface area contributed by atoms with Crippen LogP contribution >= 0.6 is 22.9 Å². The molecule has 2 aromatic heterocycles. The van der Waals surface area contributed by atoms with Crippen LogP contribution in [0.5, 0.6) is 0 Å². The number of ether oxygens (including phenoxy) is 2. The smallest absolute Gasteiger partial charge is 0.342 e. The summed E-state index contributed by atoms with van der Waals surface area (Å²) in [6.07, 6.45) is 3.09. The SMILES string of the molecule is CCOC(=O)c1c(CN2C3COC[C@H]2CC(CC(=O)O)C3)nc(-c2nccs2)nc1-c1ccc(F)cc1Cl. The van der Waals surface area contributed by atoms with Gasteiger partial charge in [-0.1, -0.05) is 11.6 Å². The zero-order valence-corrected chi connectivity index (χ0v) is 22.2. The number of hydrogen-bond donors (Lipinski definition) is 1. The fourth-order valence-electron chi connectivity index (χ4n) is 5.29. The van der Waals surface area contributed by atoms with Crippen LogP contribution in [0.25, 0.3) is 22.1 Å². The molecule has 0 saturated carbocycles. The van der Waals surface area contributed by atoms with Crippen molar-refractivity contribution in [3.63, 3.8) is 0 Å². The van der Waals surface area contributed by atoms with Gasteiger partial charge in [-0.3, -0.25) is 9.69 Å². The molecule has 2 bridgehead atoms. The molecule has 0 spiro atoms. The Hall–Kier alpha value is -2.99. The molecule has 9 nitrogen and oxygen atoms in total. The summed E-state index contributed by atoms with van der Waals surface area (Å²) in [5, 5.41) is 11.8. The van der Waals surface area contributed by atoms with Crippen molar-refractivity contribution in [2.75, 3.05) is 19.8 Å². The van der Waals surface area contributed by atoms with E-state index < -0.39 is 17.8 Å². The van der Waals surface area contributed by atoms with Crippen molar-refractivity contribution in [2.24, 2.45) is 5.92 Å². The Morgan fingerprint density at radius 1 is 1.26 bits per heavy atom. The van der Waals surface area contributed by atoms with Crippen LogP contribution in [0.2, 0.25) is 5.02 Å². The fraction of sp³-hybridized carbons (Fsp3) is 0.423. The lowest BCUT2D eigenvalue weighted by Gasteiger charge is -2.48. The molecule has 4 heterocycles. The summed E-state index contributed by atoms with van der Waals surface area (Å²) in [6, 6.07) is 3.86. The number of fused-ring (bicyclic) bond motifs is 2. The minimum absolute atomic E-state index is 0.0296. The van der Waals surface area contributed by atoms with Crippen LogP contribution in [0.4, 0.5) is 4.39 Å². The maximum Gasteiger partial charge on any atom is 0.342 e. The number of piperidine rings is 1. The highest BCUT2D eigenvalue weighted by atomic mass is 35.5. The molecule has 200 valence electrons. The molecule has 38 heavy (non-hydrogen) atoms. The summed E-state index contributed by atoms with van der Waals surface area (Å²) in [4.78, 5) is 40.7. The van der Waals surface area contributed by atoms with Gasteiger partial charge in [0, 0.05) is 42.2 Å². The van der Waals surface area contributed by atoms with Crippen molar-refractivity contribution in [1.29, 1.82) is 0 Å². The number of carboxylic acids is 1. The normalized spacial score (nSPS) is 21.3. The lowest BCUT2D eigenvalue weighted by Crippen LogP contribution is -2.56. The Morgan fingerprint density at radius 2 is 2.03 bits per heavy atom. The van der Waals surface area contributed by atoms with E-state index in [1.165, 1.54) is 29.5 Å². The van der Waals surface area contributed by atoms with E-state index in [-0.39, 0.29) is 47.3 Å². The molecule has 2 aliphatic heterocycles. The molecule has 2 fully saturated rings. The van der Waals surface area contributed by atoms with E-state index in [4.69, 9.17) is 26.1 Å². The van der Waals surface area contributed by atoms with Gasteiger partial charge >= 0.3 is 11.9 Å². The van der Waals surface area contributed by atoms with Gasteiger partial charge in [0.05, 0.1) is 36.2 Å². The van der Waals surface area contributed by atoms with Gasteiger partial charge in [0.2, 0.25) is 0 Å². The van der Waals surface area contributed by atoms with Crippen LogP contribution in [-0.2, 0) is 20.8 Å². The molecule has 0 radical (unpaired) electrons. The largest absolute Gasteiger partial charge is 0.481 e. The number of rotatable bonds is 8. The number of carbonyl (C=O) groups is 2. The average Bonchev–Trinajstić information content (AvgIpc) is 3.39. The molecule has 1 N–H and O–H groups in total. The van der Waals surface area contributed by atoms with E-state index in [1.807, 2.05) is 0 Å². The first-order chi connectivity index (χ1) is 18.3. The number of nitrogens with zero attached hydrogens (tertiary/aromatic N) is 4. The summed E-state index contributed by atoms with van der Waals surface area (Å²) >= 11 is 7.79. The number of benzene rings is 1. The zero-order valence-electron chi connectivity index (χ0n) is 20.6. The van der Waals surface area contributed by atoms with Gasteiger partial charge in [0.1, 0.15) is 11.4 Å². The van der Waals surface area contributed by atoms with Gasteiger partial charge in [0.15, 0.2) is 10.8 Å². The summed E-state index contributed by atoms with van der Waals surface area (Å²) < 4.78 is 25.1. The minimum Gasteiger partial charge on any atom is -0.481 e. The second-order valence-electron chi connectivity index (χ2n) is 9.35. The first kappa shape index (κ1) is 26.6. The summed E-state index contributed by atoms with van der Waals surface area (Å²) in [7, 11) is 0. The summed E-state index contributed by atoms with van der Waals surface area (Å²) in [5.74, 6) is -1.55. The third kappa shape index (κ3) is 5.56. The molecule has 2 unspecified atom stereocenters. The predicted molar refractivity (Wildman–Crippen MR) is 138 cm³/mol. The highest BCUT2D eigenvalue weighted by molar-refractivity contribution is 7.13. The molecule has 5 rings (SSSR count). The van der Waals surface area contributed by atoms with Crippen molar-refractivity contribution >= 4 is 34.9 Å². The molecular weight excluding hydrogens is 535 g/mol. The Morgan fingerprint density at radius 3 is 2.66 bits per heavy atom. The second kappa shape index (κ2) is 11.4. The number of halogens is 2. The number of carboxylic acid groups (broad SMARTS) is 1. The van der Waals surface area contributed by atoms with Gasteiger partial charge in [0.25, 0.3) is 0 Å². The molecule has 0 amide bonds. The van der Waals surface area contributed by atoms with Gasteiger partial charge in [-0.15, -0.1) is 11.3 Å². The topological polar surface area (TPSA) is 115 Å². The molecule has 0 aliphatic carbocycles. The lowest BCUT2D eigenvalue weighted by atomic mass is 9.83. The van der Waals surface area contributed by atoms with Crippen LogP contribution in [0.3, 0.4) is 0 Å². The Balaban J connectivity index is 1.62. The van der Waals surface area contributed by atoms with Gasteiger partial charge in [-0.05, 0) is 43.9 Å². The van der Waals surface area contributed by atoms with Crippen molar-refractivity contribution < 1.29 is 28.6 Å². The third-order valence-electron chi connectivity index (χ3n) is 6.84. The van der Waals surface area contributed by atoms with E-state index in [2.05, 4.69) is 14.9 Å². The number of carbonyl (C=O) groups excluding carboxylic acids is 1. The first-order valence-electron chi connectivity index (χ1n) is 12.3. The molecule has 12 heteroatoms. The van der Waals surface area contributed by atoms with Gasteiger partial charge < -0.3 is 14.6 Å². The van der Waals surface area contributed by atoms with E-state index in [9.17, 15) is 19.1 Å². The van der Waals surface area contributed by atoms with E-state index in [1.54, 1.807) is 18.5 Å². The van der Waals surface area contributed by atoms with Crippen molar-refractivity contribution in [3.8, 4) is 22.1 Å². The molecule has 2 aliphatic rings. The maximum atomic E-state index is 13.9. The molecule has 2 saturated heterocycles. The summed E-state index contributed by atoms with van der Waals surface area (Å²) in [6.45, 7) is 3.06. The maximum absolute atomic E-state index is 13.9. The number of thiazole rings is 1. The van der Waals surface area contributed by atoms with Crippen LogP contribution in [-0.4, -0.2) is 68.8 Å². The van der Waals surface area contributed by atoms with Crippen LogP contribution in [0.15, 0.2) is 29.8 Å². The van der Waals surface area contributed by atoms with E-state index in [0.717, 1.165) is 0 Å². The number of aliphatic carboxylic acids is 1. The van der Waals surface area contributed by atoms with Gasteiger partial charge in [-0.25, -0.2) is 24.1 Å². The van der Waals surface area contributed by atoms with E-state index in [0.29, 0.717) is 54.7 Å². The minimum atomic E-state index is -0.809. The van der Waals surface area contributed by atoms with Gasteiger partial charge in [-0.2, -0.15) is 0 Å². The molecule has 1 aromatic carbocycles. The predicted octanol–water partition coefficient (Wildman–Crippen LogP) is 4.69. The Bertz CT molecular complexity index is 1330.